The lowest BCUT2D eigenvalue weighted by atomic mass is 9.85. The minimum atomic E-state index is -5.10. The molecule has 0 aliphatic heterocycles. The first kappa shape index (κ1) is 46.9. The van der Waals surface area contributed by atoms with Gasteiger partial charge in [0.15, 0.2) is 6.10 Å². The van der Waals surface area contributed by atoms with E-state index in [9.17, 15) is 44.6 Å². The van der Waals surface area contributed by atoms with Crippen molar-refractivity contribution in [3.05, 3.63) is 0 Å². The number of phosphoric acid groups is 1. The van der Waals surface area contributed by atoms with Gasteiger partial charge in [-0.2, -0.15) is 0 Å². The molecule has 0 saturated heterocycles. The van der Waals surface area contributed by atoms with Crippen LogP contribution in [0.1, 0.15) is 162 Å². The van der Waals surface area contributed by atoms with Gasteiger partial charge in [0.25, 0.3) is 0 Å². The molecule has 6 unspecified atom stereocenters. The molecule has 0 aromatic carbocycles. The summed E-state index contributed by atoms with van der Waals surface area (Å²) in [6.45, 7) is 3.24. The molecule has 296 valence electrons. The Morgan fingerprint density at radius 2 is 0.900 bits per heavy atom. The molecule has 0 bridgehead atoms. The molecule has 1 aliphatic rings. The molecule has 6 N–H and O–H groups in total. The summed E-state index contributed by atoms with van der Waals surface area (Å²) in [4.78, 5) is 35.3. The topological polar surface area (TPSA) is 210 Å². The van der Waals surface area contributed by atoms with Crippen LogP contribution >= 0.6 is 7.82 Å². The second-order valence-electron chi connectivity index (χ2n) is 13.8. The monoisotopic (exact) mass is 740 g/mol. The molecule has 6 atom stereocenters. The van der Waals surface area contributed by atoms with Gasteiger partial charge in [0.2, 0.25) is 0 Å². The molecular weight excluding hydrogens is 671 g/mol. The fraction of sp³-hybridized carbons (Fsp3) is 0.944. The fourth-order valence-corrected chi connectivity index (χ4v) is 6.96. The van der Waals surface area contributed by atoms with E-state index >= 15 is 0 Å². The summed E-state index contributed by atoms with van der Waals surface area (Å²) < 4.78 is 33.3. The molecule has 50 heavy (non-hydrogen) atoms. The van der Waals surface area contributed by atoms with Crippen LogP contribution < -0.4 is 0 Å². The Morgan fingerprint density at radius 1 is 0.540 bits per heavy atom. The normalized spacial score (nSPS) is 24.1. The average molecular weight is 741 g/mol. The number of esters is 2. The van der Waals surface area contributed by atoms with Gasteiger partial charge in [0.05, 0.1) is 6.61 Å². The van der Waals surface area contributed by atoms with Crippen LogP contribution in [0.2, 0.25) is 0 Å². The third-order valence-corrected chi connectivity index (χ3v) is 10.2. The molecule has 0 radical (unpaired) electrons. The van der Waals surface area contributed by atoms with E-state index in [4.69, 9.17) is 18.5 Å². The van der Waals surface area contributed by atoms with Gasteiger partial charge in [-0.1, -0.05) is 136 Å². The molecular formula is C36H69O13P. The Kier molecular flexibility index (Phi) is 26.6. The van der Waals surface area contributed by atoms with E-state index in [0.29, 0.717) is 12.8 Å². The second-order valence-corrected chi connectivity index (χ2v) is 15.2. The molecule has 1 fully saturated rings. The van der Waals surface area contributed by atoms with Crippen molar-refractivity contribution in [1.82, 2.24) is 0 Å². The smallest absolute Gasteiger partial charge is 0.462 e. The third-order valence-electron chi connectivity index (χ3n) is 9.20. The first-order valence-corrected chi connectivity index (χ1v) is 20.8. The number of unbranched alkanes of at least 4 members (excludes halogenated alkanes) is 19. The average Bonchev–Trinajstić information content (AvgIpc) is 3.09. The van der Waals surface area contributed by atoms with Crippen molar-refractivity contribution in [1.29, 1.82) is 0 Å². The van der Waals surface area contributed by atoms with Crippen molar-refractivity contribution in [2.24, 2.45) is 0 Å². The number of phosphoric ester groups is 1. The maximum absolute atomic E-state index is 12.7. The standard InChI is InChI=1S/C36H69O13P/c1-3-5-7-9-11-13-15-17-19-21-23-25-30(38)48-28(26-46-29(37)24-22-20-18-16-14-12-10-8-6-4-2)27-47-50(44,45)49-36-34(42)32(40)31(39)33(41)35(36)43/h28,31-36,39-43H,3-27H2,1-2H3,(H,44,45). The summed E-state index contributed by atoms with van der Waals surface area (Å²) in [5.74, 6) is -1.10. The summed E-state index contributed by atoms with van der Waals surface area (Å²) in [5.41, 5.74) is 0. The van der Waals surface area contributed by atoms with Crippen LogP contribution in [0.25, 0.3) is 0 Å². The van der Waals surface area contributed by atoms with E-state index in [0.717, 1.165) is 44.9 Å². The van der Waals surface area contributed by atoms with Gasteiger partial charge in [0.1, 0.15) is 43.2 Å². The summed E-state index contributed by atoms with van der Waals surface area (Å²) in [5, 5.41) is 49.8. The zero-order valence-corrected chi connectivity index (χ0v) is 31.6. The zero-order chi connectivity index (χ0) is 37.2. The molecule has 0 aromatic heterocycles. The first-order chi connectivity index (χ1) is 23.9. The van der Waals surface area contributed by atoms with Crippen LogP contribution in [0.4, 0.5) is 0 Å². The summed E-state index contributed by atoms with van der Waals surface area (Å²) in [6, 6.07) is 0. The number of rotatable bonds is 31. The Bertz CT molecular complexity index is 906. The highest BCUT2D eigenvalue weighted by Gasteiger charge is 2.51. The SMILES string of the molecule is CCCCCCCCCCCCCC(=O)OC(COC(=O)CCCCCCCCCCCC)COP(=O)(O)OC1C(O)C(O)C(O)C(O)C1O. The number of ether oxygens (including phenoxy) is 2. The van der Waals surface area contributed by atoms with Crippen LogP contribution in [-0.2, 0) is 32.7 Å². The van der Waals surface area contributed by atoms with Gasteiger partial charge in [-0.05, 0) is 12.8 Å². The van der Waals surface area contributed by atoms with E-state index in [2.05, 4.69) is 13.8 Å². The molecule has 0 aromatic rings. The quantitative estimate of drug-likeness (QED) is 0.0284. The van der Waals surface area contributed by atoms with Gasteiger partial charge in [0, 0.05) is 12.8 Å². The Morgan fingerprint density at radius 3 is 1.32 bits per heavy atom. The number of aliphatic hydroxyl groups is 5. The maximum atomic E-state index is 12.7. The fourth-order valence-electron chi connectivity index (χ4n) is 5.99. The van der Waals surface area contributed by atoms with Crippen LogP contribution in [-0.4, -0.2) is 98.3 Å². The van der Waals surface area contributed by atoms with Gasteiger partial charge < -0.3 is 39.9 Å². The van der Waals surface area contributed by atoms with Crippen molar-refractivity contribution in [2.45, 2.75) is 204 Å². The molecule has 13 nitrogen and oxygen atoms in total. The van der Waals surface area contributed by atoms with Gasteiger partial charge in [-0.25, -0.2) is 4.57 Å². The lowest BCUT2D eigenvalue weighted by Gasteiger charge is -2.41. The number of hydrogen-bond acceptors (Lipinski definition) is 12. The molecule has 1 rings (SSSR count). The molecule has 1 saturated carbocycles. The number of aliphatic hydroxyl groups excluding tert-OH is 5. The third kappa shape index (κ3) is 21.4. The lowest BCUT2D eigenvalue weighted by molar-refractivity contribution is -0.220. The molecule has 14 heteroatoms. The highest BCUT2D eigenvalue weighted by molar-refractivity contribution is 7.47. The van der Waals surface area contributed by atoms with E-state index in [1.165, 1.54) is 77.0 Å². The van der Waals surface area contributed by atoms with E-state index < -0.39 is 75.7 Å². The van der Waals surface area contributed by atoms with Crippen LogP contribution in [0.15, 0.2) is 0 Å². The van der Waals surface area contributed by atoms with Crippen molar-refractivity contribution in [2.75, 3.05) is 13.2 Å². The van der Waals surface area contributed by atoms with E-state index in [-0.39, 0.29) is 12.8 Å². The highest BCUT2D eigenvalue weighted by atomic mass is 31.2. The lowest BCUT2D eigenvalue weighted by Crippen LogP contribution is -2.64. The molecule has 1 aliphatic carbocycles. The molecule has 0 heterocycles. The zero-order valence-electron chi connectivity index (χ0n) is 30.7. The van der Waals surface area contributed by atoms with Crippen LogP contribution in [0.5, 0.6) is 0 Å². The maximum Gasteiger partial charge on any atom is 0.472 e. The summed E-state index contributed by atoms with van der Waals surface area (Å²) in [7, 11) is -5.10. The van der Waals surface area contributed by atoms with Crippen LogP contribution in [0, 0.1) is 0 Å². The summed E-state index contributed by atoms with van der Waals surface area (Å²) in [6.07, 6.45) is 10.5. The van der Waals surface area contributed by atoms with Crippen molar-refractivity contribution >= 4 is 19.8 Å². The van der Waals surface area contributed by atoms with Gasteiger partial charge >= 0.3 is 19.8 Å². The first-order valence-electron chi connectivity index (χ1n) is 19.3. The Labute approximate surface area is 300 Å². The molecule has 0 spiro atoms. The largest absolute Gasteiger partial charge is 0.472 e. The van der Waals surface area contributed by atoms with Gasteiger partial charge in [-0.15, -0.1) is 0 Å². The minimum Gasteiger partial charge on any atom is -0.462 e. The predicted molar refractivity (Wildman–Crippen MR) is 189 cm³/mol. The highest BCUT2D eigenvalue weighted by Crippen LogP contribution is 2.47. The van der Waals surface area contributed by atoms with E-state index in [1.54, 1.807) is 0 Å². The van der Waals surface area contributed by atoms with E-state index in [1.807, 2.05) is 0 Å². The summed E-state index contributed by atoms with van der Waals surface area (Å²) >= 11 is 0. The minimum absolute atomic E-state index is 0.103. The number of carbonyl (C=O) groups is 2. The number of carbonyl (C=O) groups excluding carboxylic acids is 2. The van der Waals surface area contributed by atoms with Crippen molar-refractivity contribution < 1.29 is 63.1 Å². The molecule has 0 amide bonds. The Balaban J connectivity index is 2.55. The Hall–Kier alpha value is -1.15. The predicted octanol–water partition coefficient (Wildman–Crippen LogP) is 5.77. The van der Waals surface area contributed by atoms with Gasteiger partial charge in [-0.3, -0.25) is 18.6 Å². The van der Waals surface area contributed by atoms with Crippen molar-refractivity contribution in [3.8, 4) is 0 Å². The van der Waals surface area contributed by atoms with Crippen LogP contribution in [0.3, 0.4) is 0 Å². The van der Waals surface area contributed by atoms with Crippen molar-refractivity contribution in [3.63, 3.8) is 0 Å². The number of hydrogen-bond donors (Lipinski definition) is 6. The second kappa shape index (κ2) is 28.4.